The number of hydrogen-bond donors (Lipinski definition) is 2. The number of aromatic nitrogens is 1. The number of carbonyl (C=O) groups excluding carboxylic acids is 2. The summed E-state index contributed by atoms with van der Waals surface area (Å²) in [7, 11) is -3.46. The Hall–Kier alpha value is -3.16. The monoisotopic (exact) mass is 524 g/mol. The van der Waals surface area contributed by atoms with Crippen molar-refractivity contribution in [2.75, 3.05) is 37.5 Å². The average Bonchev–Trinajstić information content (AvgIpc) is 2.88. The summed E-state index contributed by atoms with van der Waals surface area (Å²) < 4.78 is 50.9. The van der Waals surface area contributed by atoms with Gasteiger partial charge in [0.1, 0.15) is 17.1 Å². The minimum absolute atomic E-state index is 0.0633. The molecule has 0 aliphatic carbocycles. The summed E-state index contributed by atoms with van der Waals surface area (Å²) in [6.45, 7) is -0.0473. The van der Waals surface area contributed by atoms with E-state index in [0.717, 1.165) is 18.4 Å². The van der Waals surface area contributed by atoms with Crippen LogP contribution in [0.25, 0.3) is 0 Å². The molecule has 3 rings (SSSR count). The minimum Gasteiger partial charge on any atom is -0.511 e. The van der Waals surface area contributed by atoms with Crippen LogP contribution in [0.4, 0.5) is 10.1 Å². The number of sulfone groups is 1. The zero-order valence-corrected chi connectivity index (χ0v) is 21.0. The zero-order valence-electron chi connectivity index (χ0n) is 19.3. The predicted molar refractivity (Wildman–Crippen MR) is 128 cm³/mol. The van der Waals surface area contributed by atoms with E-state index in [9.17, 15) is 31.7 Å². The second kappa shape index (κ2) is 10.6. The Morgan fingerprint density at radius 2 is 2.06 bits per heavy atom. The molecule has 0 radical (unpaired) electrons. The number of nitrogens with one attached hydrogen (secondary N) is 1. The molecule has 35 heavy (non-hydrogen) atoms. The summed E-state index contributed by atoms with van der Waals surface area (Å²) in [5, 5.41) is 13.1. The molecule has 2 N–H and O–H groups in total. The number of fused-ring (bicyclic) bond motifs is 1. The van der Waals surface area contributed by atoms with E-state index in [1.807, 2.05) is 0 Å². The van der Waals surface area contributed by atoms with Crippen molar-refractivity contribution in [1.29, 1.82) is 0 Å². The molecule has 0 saturated carbocycles. The molecular formula is C22H25FN4O6S2. The number of carbonyl (C=O) groups is 2. The largest absolute Gasteiger partial charge is 0.511 e. The van der Waals surface area contributed by atoms with Crippen molar-refractivity contribution in [3.63, 3.8) is 0 Å². The van der Waals surface area contributed by atoms with E-state index in [-0.39, 0.29) is 36.5 Å². The number of amides is 2. The number of nitrogens with zero attached hydrogens (tertiary/aromatic N) is 3. The summed E-state index contributed by atoms with van der Waals surface area (Å²) >= 11 is 0. The van der Waals surface area contributed by atoms with Crippen molar-refractivity contribution >= 4 is 38.3 Å². The topological polar surface area (TPSA) is 137 Å². The maximum Gasteiger partial charge on any atom is 0.267 e. The summed E-state index contributed by atoms with van der Waals surface area (Å²) in [5.74, 6) is -2.96. The van der Waals surface area contributed by atoms with Gasteiger partial charge in [0.25, 0.3) is 11.8 Å². The van der Waals surface area contributed by atoms with Gasteiger partial charge in [0.15, 0.2) is 9.84 Å². The Labute approximate surface area is 205 Å². The van der Waals surface area contributed by atoms with Crippen molar-refractivity contribution < 1.29 is 31.7 Å². The van der Waals surface area contributed by atoms with Gasteiger partial charge in [0.2, 0.25) is 0 Å². The molecule has 0 spiro atoms. The lowest BCUT2D eigenvalue weighted by Gasteiger charge is -2.25. The van der Waals surface area contributed by atoms with Crippen molar-refractivity contribution in [3.8, 4) is 0 Å². The number of likely N-dealkylation sites (N-methyl/N-ethyl adjacent to an activating group) is 1. The minimum atomic E-state index is -3.79. The third-order valence-electron chi connectivity index (χ3n) is 5.41. The Kier molecular flexibility index (Phi) is 8.03. The maximum absolute atomic E-state index is 13.6. The highest BCUT2D eigenvalue weighted by atomic mass is 32.2. The van der Waals surface area contributed by atoms with Crippen LogP contribution >= 0.6 is 0 Å². The van der Waals surface area contributed by atoms with E-state index in [2.05, 4.69) is 10.3 Å². The van der Waals surface area contributed by atoms with Crippen LogP contribution in [-0.4, -0.2) is 71.5 Å². The van der Waals surface area contributed by atoms with E-state index < -0.39 is 49.8 Å². The first-order chi connectivity index (χ1) is 16.4. The van der Waals surface area contributed by atoms with E-state index in [4.69, 9.17) is 0 Å². The summed E-state index contributed by atoms with van der Waals surface area (Å²) in [5.41, 5.74) is 0.378. The van der Waals surface area contributed by atoms with Crippen LogP contribution in [0.15, 0.2) is 52.8 Å². The molecular weight excluding hydrogens is 499 g/mol. The molecule has 1 atom stereocenters. The molecule has 188 valence electrons. The van der Waals surface area contributed by atoms with Gasteiger partial charge < -0.3 is 15.3 Å². The molecule has 1 aromatic carbocycles. The van der Waals surface area contributed by atoms with Gasteiger partial charge in [0.05, 0.1) is 33.7 Å². The first kappa shape index (κ1) is 26.4. The number of aliphatic hydroxyl groups excluding tert-OH is 1. The van der Waals surface area contributed by atoms with Gasteiger partial charge in [0, 0.05) is 38.3 Å². The maximum atomic E-state index is 13.6. The number of anilines is 1. The van der Waals surface area contributed by atoms with Crippen molar-refractivity contribution in [3.05, 3.63) is 64.9 Å². The molecule has 0 saturated heterocycles. The summed E-state index contributed by atoms with van der Waals surface area (Å²) in [6, 6.07) is 6.38. The highest BCUT2D eigenvalue weighted by Gasteiger charge is 2.34. The van der Waals surface area contributed by atoms with Crippen LogP contribution in [0.1, 0.15) is 11.3 Å². The second-order valence-electron chi connectivity index (χ2n) is 7.91. The lowest BCUT2D eigenvalue weighted by molar-refractivity contribution is -0.122. The SMILES string of the molecule is CN(CCN1C(=O)C(C(=O)NCc2ccc(F)cc2S(C)(=O)=O)=C(O)Cc2ncccc21)S(C)=O. The number of pyridine rings is 1. The fourth-order valence-corrected chi connectivity index (χ4v) is 4.81. The van der Waals surface area contributed by atoms with Gasteiger partial charge in [-0.25, -0.2) is 21.3 Å². The molecule has 2 aromatic rings. The number of rotatable bonds is 8. The molecule has 0 fully saturated rings. The van der Waals surface area contributed by atoms with Crippen LogP contribution in [0.2, 0.25) is 0 Å². The van der Waals surface area contributed by atoms with Gasteiger partial charge in [-0.3, -0.25) is 14.6 Å². The van der Waals surface area contributed by atoms with Gasteiger partial charge in [-0.05, 0) is 36.9 Å². The fourth-order valence-electron chi connectivity index (χ4n) is 3.53. The second-order valence-corrected chi connectivity index (χ2v) is 11.4. The van der Waals surface area contributed by atoms with Crippen molar-refractivity contribution in [1.82, 2.24) is 14.6 Å². The van der Waals surface area contributed by atoms with Crippen LogP contribution < -0.4 is 10.2 Å². The van der Waals surface area contributed by atoms with Gasteiger partial charge >= 0.3 is 0 Å². The van der Waals surface area contributed by atoms with Crippen LogP contribution in [0, 0.1) is 5.82 Å². The summed E-state index contributed by atoms with van der Waals surface area (Å²) in [6.07, 6.45) is 3.72. The molecule has 13 heteroatoms. The van der Waals surface area contributed by atoms with Crippen LogP contribution in [-0.2, 0) is 43.4 Å². The molecule has 2 amide bonds. The van der Waals surface area contributed by atoms with Crippen LogP contribution in [0.5, 0.6) is 0 Å². The van der Waals surface area contributed by atoms with Gasteiger partial charge in [-0.2, -0.15) is 0 Å². The molecule has 1 aliphatic rings. The first-order valence-corrected chi connectivity index (χ1v) is 13.8. The van der Waals surface area contributed by atoms with Gasteiger partial charge in [-0.15, -0.1) is 0 Å². The number of benzene rings is 1. The first-order valence-electron chi connectivity index (χ1n) is 10.4. The molecule has 10 nitrogen and oxygen atoms in total. The van der Waals surface area contributed by atoms with E-state index in [1.165, 1.54) is 27.7 Å². The smallest absolute Gasteiger partial charge is 0.267 e. The number of aliphatic hydroxyl groups is 1. The standard InChI is InChI=1S/C22H25FN4O6S2/c1-26(34(2)31)9-10-27-17-5-4-8-24-16(17)12-18(28)20(22(27)30)21(29)25-13-14-6-7-15(23)11-19(14)35(3,32)33/h4-8,11,28H,9-10,12-13H2,1-3H3,(H,25,29). The fraction of sp³-hybridized carbons (Fsp3) is 0.318. The molecule has 1 aliphatic heterocycles. The Bertz CT molecular complexity index is 1330. The third-order valence-corrected chi connectivity index (χ3v) is 7.65. The lowest BCUT2D eigenvalue weighted by Crippen LogP contribution is -2.42. The zero-order chi connectivity index (χ0) is 25.9. The highest BCUT2D eigenvalue weighted by molar-refractivity contribution is 7.90. The average molecular weight is 525 g/mol. The number of hydrogen-bond acceptors (Lipinski definition) is 7. The van der Waals surface area contributed by atoms with Crippen LogP contribution in [0.3, 0.4) is 0 Å². The van der Waals surface area contributed by atoms with Gasteiger partial charge in [-0.1, -0.05) is 6.07 Å². The van der Waals surface area contributed by atoms with E-state index >= 15 is 0 Å². The Balaban J connectivity index is 1.90. The van der Waals surface area contributed by atoms with Crippen molar-refractivity contribution in [2.45, 2.75) is 17.9 Å². The van der Waals surface area contributed by atoms with Crippen molar-refractivity contribution in [2.24, 2.45) is 0 Å². The number of halogens is 1. The molecule has 1 aromatic heterocycles. The summed E-state index contributed by atoms with van der Waals surface area (Å²) in [4.78, 5) is 31.6. The lowest BCUT2D eigenvalue weighted by atomic mass is 10.1. The molecule has 1 unspecified atom stereocenters. The Morgan fingerprint density at radius 1 is 1.34 bits per heavy atom. The Morgan fingerprint density at radius 3 is 2.71 bits per heavy atom. The normalized spacial score (nSPS) is 15.1. The number of allylic oxidation sites excluding steroid dienone is 1. The highest BCUT2D eigenvalue weighted by Crippen LogP contribution is 2.28. The quantitative estimate of drug-likeness (QED) is 0.489. The molecule has 0 bridgehead atoms. The van der Waals surface area contributed by atoms with E-state index in [1.54, 1.807) is 19.2 Å². The predicted octanol–water partition coefficient (Wildman–Crippen LogP) is 0.867. The van der Waals surface area contributed by atoms with E-state index in [0.29, 0.717) is 11.4 Å². The molecule has 2 heterocycles. The third kappa shape index (κ3) is 6.10.